The van der Waals surface area contributed by atoms with Gasteiger partial charge in [0, 0.05) is 22.2 Å². The van der Waals surface area contributed by atoms with E-state index in [0.29, 0.717) is 0 Å². The second kappa shape index (κ2) is 10.8. The number of para-hydroxylation sites is 3. The highest BCUT2D eigenvalue weighted by molar-refractivity contribution is 6.01. The van der Waals surface area contributed by atoms with E-state index in [1.165, 1.54) is 38.4 Å². The molecule has 0 fully saturated rings. The molecule has 238 valence electrons. The molecule has 0 saturated heterocycles. The van der Waals surface area contributed by atoms with Crippen LogP contribution >= 0.6 is 0 Å². The summed E-state index contributed by atoms with van der Waals surface area (Å²) >= 11 is 0. The van der Waals surface area contributed by atoms with Crippen LogP contribution in [0.5, 0.6) is 11.5 Å². The molecule has 0 aromatic heterocycles. The summed E-state index contributed by atoms with van der Waals surface area (Å²) in [5.41, 5.74) is 11.3. The standard InChI is InChI=1S/C47H34N2O/c1-47(2)39-20-7-8-21-42(39)49-43-22-9-10-24-44(43)50-45-30-35(29-40(47)46(45)49)34-17-11-18-36(28-34)48(37-26-25-31-13-3-4-15-33(31)27-37)41-23-12-16-32-14-5-6-19-38(32)41/h3-30H,1-2H3. The van der Waals surface area contributed by atoms with Crippen molar-refractivity contribution in [2.45, 2.75) is 19.3 Å². The van der Waals surface area contributed by atoms with Crippen molar-refractivity contribution < 1.29 is 4.74 Å². The van der Waals surface area contributed by atoms with E-state index in [1.54, 1.807) is 0 Å². The number of nitrogens with zero attached hydrogens (tertiary/aromatic N) is 2. The molecular formula is C47H34N2O. The molecule has 0 N–H and O–H groups in total. The van der Waals surface area contributed by atoms with Crippen LogP contribution in [0.1, 0.15) is 25.0 Å². The lowest BCUT2D eigenvalue weighted by atomic mass is 9.72. The lowest BCUT2D eigenvalue weighted by Crippen LogP contribution is -2.32. The molecule has 0 saturated carbocycles. The second-order valence-corrected chi connectivity index (χ2v) is 13.8. The van der Waals surface area contributed by atoms with Crippen molar-refractivity contribution in [2.75, 3.05) is 9.80 Å². The second-order valence-electron chi connectivity index (χ2n) is 13.8. The van der Waals surface area contributed by atoms with Crippen molar-refractivity contribution >= 4 is 55.7 Å². The number of hydrogen-bond donors (Lipinski definition) is 0. The van der Waals surface area contributed by atoms with E-state index in [2.05, 4.69) is 187 Å². The van der Waals surface area contributed by atoms with Gasteiger partial charge in [-0.3, -0.25) is 0 Å². The number of ether oxygens (including phenoxy) is 1. The van der Waals surface area contributed by atoms with E-state index >= 15 is 0 Å². The summed E-state index contributed by atoms with van der Waals surface area (Å²) in [5, 5.41) is 4.86. The first-order valence-corrected chi connectivity index (χ1v) is 17.3. The van der Waals surface area contributed by atoms with E-state index < -0.39 is 0 Å². The van der Waals surface area contributed by atoms with Crippen LogP contribution in [-0.4, -0.2) is 0 Å². The highest BCUT2D eigenvalue weighted by atomic mass is 16.5. The summed E-state index contributed by atoms with van der Waals surface area (Å²) in [5.74, 6) is 1.74. The fraction of sp³-hybridized carbons (Fsp3) is 0.0638. The molecule has 8 aromatic rings. The molecule has 0 spiro atoms. The molecule has 50 heavy (non-hydrogen) atoms. The smallest absolute Gasteiger partial charge is 0.152 e. The monoisotopic (exact) mass is 642 g/mol. The fourth-order valence-electron chi connectivity index (χ4n) is 8.09. The molecule has 3 nitrogen and oxygen atoms in total. The molecule has 10 rings (SSSR count). The van der Waals surface area contributed by atoms with E-state index in [-0.39, 0.29) is 5.41 Å². The van der Waals surface area contributed by atoms with Gasteiger partial charge in [0.15, 0.2) is 11.5 Å². The molecule has 8 aromatic carbocycles. The Balaban J connectivity index is 1.18. The first-order valence-electron chi connectivity index (χ1n) is 17.3. The van der Waals surface area contributed by atoms with Crippen LogP contribution in [0.25, 0.3) is 32.7 Å². The fourth-order valence-corrected chi connectivity index (χ4v) is 8.09. The SMILES string of the molecule is CC1(C)c2ccccc2N2c3ccccc3Oc3cc(-c4cccc(N(c5ccc6ccccc6c5)c5cccc6ccccc56)c4)cc1c32. The van der Waals surface area contributed by atoms with Crippen molar-refractivity contribution in [2.24, 2.45) is 0 Å². The van der Waals surface area contributed by atoms with Gasteiger partial charge in [-0.1, -0.05) is 123 Å². The zero-order valence-electron chi connectivity index (χ0n) is 28.0. The molecule has 2 aliphatic heterocycles. The number of fused-ring (bicyclic) bond motifs is 6. The first-order chi connectivity index (χ1) is 24.5. The van der Waals surface area contributed by atoms with E-state index in [4.69, 9.17) is 4.74 Å². The highest BCUT2D eigenvalue weighted by Gasteiger charge is 2.41. The molecule has 2 aliphatic rings. The van der Waals surface area contributed by atoms with Crippen LogP contribution in [0.15, 0.2) is 170 Å². The molecule has 0 aliphatic carbocycles. The largest absolute Gasteiger partial charge is 0.453 e. The van der Waals surface area contributed by atoms with Crippen molar-refractivity contribution in [3.63, 3.8) is 0 Å². The van der Waals surface area contributed by atoms with Gasteiger partial charge >= 0.3 is 0 Å². The average Bonchev–Trinajstić information content (AvgIpc) is 3.16. The lowest BCUT2D eigenvalue weighted by Gasteiger charge is -2.45. The molecule has 0 unspecified atom stereocenters. The Morgan fingerprint density at radius 2 is 1.18 bits per heavy atom. The first kappa shape index (κ1) is 28.7. The Morgan fingerprint density at radius 3 is 2.08 bits per heavy atom. The van der Waals surface area contributed by atoms with Gasteiger partial charge in [0.1, 0.15) is 0 Å². The van der Waals surface area contributed by atoms with Gasteiger partial charge in [-0.05, 0) is 99.1 Å². The van der Waals surface area contributed by atoms with Crippen molar-refractivity contribution in [1.82, 2.24) is 0 Å². The van der Waals surface area contributed by atoms with Gasteiger partial charge in [-0.25, -0.2) is 0 Å². The number of hydrogen-bond acceptors (Lipinski definition) is 3. The molecule has 0 atom stereocenters. The Labute approximate surface area is 292 Å². The minimum atomic E-state index is -0.236. The van der Waals surface area contributed by atoms with Crippen LogP contribution in [0.3, 0.4) is 0 Å². The zero-order chi connectivity index (χ0) is 33.4. The van der Waals surface area contributed by atoms with Crippen LogP contribution in [0.4, 0.5) is 34.1 Å². The number of anilines is 6. The third-order valence-corrected chi connectivity index (χ3v) is 10.6. The average molecular weight is 643 g/mol. The van der Waals surface area contributed by atoms with E-state index in [1.807, 2.05) is 6.07 Å². The summed E-state index contributed by atoms with van der Waals surface area (Å²) < 4.78 is 6.75. The van der Waals surface area contributed by atoms with Crippen LogP contribution in [0, 0.1) is 0 Å². The summed E-state index contributed by atoms with van der Waals surface area (Å²) in [6.45, 7) is 4.67. The normalized spacial score (nSPS) is 13.7. The summed E-state index contributed by atoms with van der Waals surface area (Å²) in [7, 11) is 0. The third kappa shape index (κ3) is 4.30. The van der Waals surface area contributed by atoms with E-state index in [0.717, 1.165) is 51.1 Å². The molecule has 3 heteroatoms. The quantitative estimate of drug-likeness (QED) is 0.190. The van der Waals surface area contributed by atoms with Gasteiger partial charge in [-0.2, -0.15) is 0 Å². The van der Waals surface area contributed by atoms with Gasteiger partial charge in [-0.15, -0.1) is 0 Å². The van der Waals surface area contributed by atoms with Crippen LogP contribution < -0.4 is 14.5 Å². The van der Waals surface area contributed by atoms with Gasteiger partial charge < -0.3 is 14.5 Å². The lowest BCUT2D eigenvalue weighted by molar-refractivity contribution is 0.471. The summed E-state index contributed by atoms with van der Waals surface area (Å²) in [6, 6.07) is 61.3. The predicted octanol–water partition coefficient (Wildman–Crippen LogP) is 13.3. The van der Waals surface area contributed by atoms with Gasteiger partial charge in [0.05, 0.1) is 22.7 Å². The van der Waals surface area contributed by atoms with Crippen molar-refractivity contribution in [3.8, 4) is 22.6 Å². The van der Waals surface area contributed by atoms with Gasteiger partial charge in [0.2, 0.25) is 0 Å². The summed E-state index contributed by atoms with van der Waals surface area (Å²) in [4.78, 5) is 4.79. The van der Waals surface area contributed by atoms with Crippen LogP contribution in [-0.2, 0) is 5.41 Å². The maximum absolute atomic E-state index is 6.75. The predicted molar refractivity (Wildman–Crippen MR) is 208 cm³/mol. The molecule has 0 amide bonds. The highest BCUT2D eigenvalue weighted by Crippen LogP contribution is 2.60. The zero-order valence-corrected chi connectivity index (χ0v) is 28.0. The van der Waals surface area contributed by atoms with E-state index in [9.17, 15) is 0 Å². The minimum Gasteiger partial charge on any atom is -0.453 e. The Morgan fingerprint density at radius 1 is 0.480 bits per heavy atom. The molecular weight excluding hydrogens is 609 g/mol. The molecule has 2 heterocycles. The van der Waals surface area contributed by atoms with Crippen molar-refractivity contribution in [1.29, 1.82) is 0 Å². The third-order valence-electron chi connectivity index (χ3n) is 10.6. The maximum atomic E-state index is 6.75. The number of benzene rings is 8. The molecule has 0 radical (unpaired) electrons. The van der Waals surface area contributed by atoms with Gasteiger partial charge in [0.25, 0.3) is 0 Å². The van der Waals surface area contributed by atoms with Crippen molar-refractivity contribution in [3.05, 3.63) is 181 Å². The minimum absolute atomic E-state index is 0.236. The molecule has 0 bridgehead atoms. The topological polar surface area (TPSA) is 15.7 Å². The van der Waals surface area contributed by atoms with Crippen LogP contribution in [0.2, 0.25) is 0 Å². The Bertz CT molecular complexity index is 2630. The Hall–Kier alpha value is -6.32. The summed E-state index contributed by atoms with van der Waals surface area (Å²) in [6.07, 6.45) is 0. The maximum Gasteiger partial charge on any atom is 0.152 e. The number of rotatable bonds is 4. The Kier molecular flexibility index (Phi) is 6.22.